The average Bonchev–Trinajstić information content (AvgIpc) is 3.38. The molecule has 31 heavy (non-hydrogen) atoms. The zero-order chi connectivity index (χ0) is 22.8. The topological polar surface area (TPSA) is 133 Å². The second-order valence-corrected chi connectivity index (χ2v) is 10.8. The van der Waals surface area contributed by atoms with Gasteiger partial charge in [0.15, 0.2) is 21.2 Å². The summed E-state index contributed by atoms with van der Waals surface area (Å²) < 4.78 is 30.3. The third-order valence-electron chi connectivity index (χ3n) is 5.60. The van der Waals surface area contributed by atoms with E-state index in [1.54, 1.807) is 17.5 Å². The summed E-state index contributed by atoms with van der Waals surface area (Å²) in [4.78, 5) is 36.6. The number of sulfone groups is 1. The second kappa shape index (κ2) is 8.80. The predicted molar refractivity (Wildman–Crippen MR) is 117 cm³/mol. The van der Waals surface area contributed by atoms with Gasteiger partial charge in [-0.3, -0.25) is 14.4 Å². The number of carbonyl (C=O) groups is 3. The normalized spacial score (nSPS) is 15.4. The highest BCUT2D eigenvalue weighted by Gasteiger charge is 2.54. The van der Waals surface area contributed by atoms with Gasteiger partial charge in [-0.05, 0) is 61.4 Å². The van der Waals surface area contributed by atoms with Crippen LogP contribution in [0.15, 0.2) is 34.5 Å². The molecule has 1 aromatic carbocycles. The number of hydrogen-bond donors (Lipinski definition) is 2. The Balaban J connectivity index is 1.77. The number of esters is 1. The van der Waals surface area contributed by atoms with Gasteiger partial charge in [0, 0.05) is 0 Å². The van der Waals surface area contributed by atoms with Crippen molar-refractivity contribution in [2.45, 2.75) is 49.2 Å². The number of carbonyl (C=O) groups excluding carboxylic acids is 3. The summed E-state index contributed by atoms with van der Waals surface area (Å²) in [7, 11) is -4.02. The number of anilines is 1. The van der Waals surface area contributed by atoms with Crippen LogP contribution < -0.4 is 11.1 Å². The maximum Gasteiger partial charge on any atom is 0.328 e. The maximum absolute atomic E-state index is 13.4. The van der Waals surface area contributed by atoms with Crippen molar-refractivity contribution in [3.05, 3.63) is 46.3 Å². The lowest BCUT2D eigenvalue weighted by Crippen LogP contribution is -2.46. The third kappa shape index (κ3) is 4.35. The van der Waals surface area contributed by atoms with Crippen LogP contribution in [0.25, 0.3) is 0 Å². The molecule has 0 aliphatic heterocycles. The maximum atomic E-state index is 13.4. The molecule has 0 unspecified atom stereocenters. The molecule has 0 radical (unpaired) electrons. The standard InChI is InChI=1S/C21H24N2O6S2/c1-13-5-6-15(11-14(13)2)31(27,28)21(8-3-4-9-21)20(26)29-12-17(24)23-19-16(18(22)25)7-10-30-19/h5-7,10-11H,3-4,8-9,12H2,1-2H3,(H2,22,25)(H,23,24). The van der Waals surface area contributed by atoms with Gasteiger partial charge in [0.2, 0.25) is 0 Å². The Kier molecular flexibility index (Phi) is 6.51. The molecule has 166 valence electrons. The van der Waals surface area contributed by atoms with E-state index in [1.165, 1.54) is 12.1 Å². The number of amides is 2. The first kappa shape index (κ1) is 23.0. The fraction of sp³-hybridized carbons (Fsp3) is 0.381. The zero-order valence-electron chi connectivity index (χ0n) is 17.3. The van der Waals surface area contributed by atoms with Crippen molar-refractivity contribution in [3.63, 3.8) is 0 Å². The molecule has 10 heteroatoms. The lowest BCUT2D eigenvalue weighted by atomic mass is 10.1. The SMILES string of the molecule is Cc1ccc(S(=O)(=O)C2(C(=O)OCC(=O)Nc3sccc3C(N)=O)CCCC2)cc1C. The van der Waals surface area contributed by atoms with Crippen LogP contribution in [0.1, 0.15) is 47.2 Å². The minimum absolute atomic E-state index is 0.0728. The zero-order valence-corrected chi connectivity index (χ0v) is 18.9. The molecular weight excluding hydrogens is 440 g/mol. The van der Waals surface area contributed by atoms with Crippen LogP contribution in [0, 0.1) is 13.8 Å². The molecule has 0 atom stereocenters. The molecule has 1 fully saturated rings. The lowest BCUT2D eigenvalue weighted by molar-refractivity contribution is -0.149. The van der Waals surface area contributed by atoms with Gasteiger partial charge >= 0.3 is 5.97 Å². The van der Waals surface area contributed by atoms with E-state index in [0.717, 1.165) is 22.5 Å². The molecule has 0 spiro atoms. The molecule has 3 rings (SSSR count). The van der Waals surface area contributed by atoms with E-state index >= 15 is 0 Å². The molecule has 1 aliphatic rings. The molecule has 0 bridgehead atoms. The fourth-order valence-corrected chi connectivity index (χ4v) is 6.60. The largest absolute Gasteiger partial charge is 0.454 e. The van der Waals surface area contributed by atoms with Crippen molar-refractivity contribution in [2.24, 2.45) is 5.73 Å². The molecule has 2 aromatic rings. The van der Waals surface area contributed by atoms with E-state index in [0.29, 0.717) is 12.8 Å². The van der Waals surface area contributed by atoms with E-state index in [1.807, 2.05) is 13.8 Å². The Hall–Kier alpha value is -2.72. The number of thiophene rings is 1. The second-order valence-electron chi connectivity index (χ2n) is 7.60. The number of nitrogens with two attached hydrogens (primary N) is 1. The van der Waals surface area contributed by atoms with Gasteiger partial charge in [-0.25, -0.2) is 8.42 Å². The smallest absolute Gasteiger partial charge is 0.328 e. The first-order chi connectivity index (χ1) is 14.6. The number of primary amides is 1. The Morgan fingerprint density at radius 2 is 1.81 bits per heavy atom. The van der Waals surface area contributed by atoms with Gasteiger partial charge in [-0.2, -0.15) is 0 Å². The molecular formula is C21H24N2O6S2. The number of hydrogen-bond acceptors (Lipinski definition) is 7. The van der Waals surface area contributed by atoms with Gasteiger partial charge < -0.3 is 15.8 Å². The molecule has 1 aliphatic carbocycles. The van der Waals surface area contributed by atoms with Crippen LogP contribution in [0.5, 0.6) is 0 Å². The quantitative estimate of drug-likeness (QED) is 0.606. The van der Waals surface area contributed by atoms with Crippen molar-refractivity contribution in [1.82, 2.24) is 0 Å². The number of ether oxygens (including phenoxy) is 1. The van der Waals surface area contributed by atoms with Crippen LogP contribution in [-0.4, -0.2) is 37.6 Å². The first-order valence-corrected chi connectivity index (χ1v) is 12.1. The summed E-state index contributed by atoms with van der Waals surface area (Å²) >= 11 is 1.10. The Bertz CT molecular complexity index is 1130. The molecule has 1 saturated carbocycles. The van der Waals surface area contributed by atoms with E-state index in [-0.39, 0.29) is 28.3 Å². The van der Waals surface area contributed by atoms with Gasteiger partial charge in [0.05, 0.1) is 10.5 Å². The van der Waals surface area contributed by atoms with E-state index in [2.05, 4.69) is 5.32 Å². The Morgan fingerprint density at radius 1 is 1.13 bits per heavy atom. The van der Waals surface area contributed by atoms with Crippen molar-refractivity contribution < 1.29 is 27.5 Å². The molecule has 1 aromatic heterocycles. The highest BCUT2D eigenvalue weighted by Crippen LogP contribution is 2.42. The molecule has 1 heterocycles. The number of rotatable bonds is 7. The summed E-state index contributed by atoms with van der Waals surface area (Å²) in [6.45, 7) is 3.02. The van der Waals surface area contributed by atoms with E-state index < -0.39 is 39.0 Å². The average molecular weight is 465 g/mol. The van der Waals surface area contributed by atoms with Gasteiger partial charge in [-0.1, -0.05) is 18.9 Å². The van der Waals surface area contributed by atoms with Crippen LogP contribution in [0.2, 0.25) is 0 Å². The van der Waals surface area contributed by atoms with Gasteiger partial charge in [-0.15, -0.1) is 11.3 Å². The Labute approximate surface area is 184 Å². The highest BCUT2D eigenvalue weighted by atomic mass is 32.2. The van der Waals surface area contributed by atoms with Crippen LogP contribution >= 0.6 is 11.3 Å². The highest BCUT2D eigenvalue weighted by molar-refractivity contribution is 7.93. The first-order valence-electron chi connectivity index (χ1n) is 9.75. The van der Waals surface area contributed by atoms with Crippen molar-refractivity contribution in [3.8, 4) is 0 Å². The van der Waals surface area contributed by atoms with E-state index in [4.69, 9.17) is 10.5 Å². The van der Waals surface area contributed by atoms with Crippen LogP contribution in [0.4, 0.5) is 5.00 Å². The summed E-state index contributed by atoms with van der Waals surface area (Å²) in [5.41, 5.74) is 7.15. The lowest BCUT2D eigenvalue weighted by Gasteiger charge is -2.26. The van der Waals surface area contributed by atoms with Gasteiger partial charge in [0.25, 0.3) is 11.8 Å². The molecule has 8 nitrogen and oxygen atoms in total. The van der Waals surface area contributed by atoms with E-state index in [9.17, 15) is 22.8 Å². The van der Waals surface area contributed by atoms with Crippen molar-refractivity contribution in [2.75, 3.05) is 11.9 Å². The Morgan fingerprint density at radius 3 is 2.42 bits per heavy atom. The molecule has 3 N–H and O–H groups in total. The monoisotopic (exact) mass is 464 g/mol. The third-order valence-corrected chi connectivity index (χ3v) is 8.91. The molecule has 2 amide bonds. The molecule has 0 saturated heterocycles. The number of nitrogens with one attached hydrogen (secondary N) is 1. The van der Waals surface area contributed by atoms with Crippen molar-refractivity contribution >= 4 is 44.0 Å². The summed E-state index contributed by atoms with van der Waals surface area (Å²) in [5, 5.41) is 4.30. The summed E-state index contributed by atoms with van der Waals surface area (Å²) in [6.07, 6.45) is 1.42. The predicted octanol–water partition coefficient (Wildman–Crippen LogP) is 2.73. The fourth-order valence-electron chi connectivity index (χ4n) is 3.66. The summed E-state index contributed by atoms with van der Waals surface area (Å²) in [5.74, 6) is -2.31. The summed E-state index contributed by atoms with van der Waals surface area (Å²) in [6, 6.07) is 6.24. The number of benzene rings is 1. The van der Waals surface area contributed by atoms with Crippen LogP contribution in [0.3, 0.4) is 0 Å². The van der Waals surface area contributed by atoms with Crippen molar-refractivity contribution in [1.29, 1.82) is 0 Å². The minimum atomic E-state index is -4.02. The van der Waals surface area contributed by atoms with Gasteiger partial charge in [0.1, 0.15) is 5.00 Å². The minimum Gasteiger partial charge on any atom is -0.454 e. The van der Waals surface area contributed by atoms with Crippen LogP contribution in [-0.2, 0) is 24.2 Å². The number of aryl methyl sites for hydroxylation is 2.